The fourth-order valence-electron chi connectivity index (χ4n) is 3.84. The minimum atomic E-state index is -0.0549. The largest absolute Gasteiger partial charge is 0.378 e. The van der Waals surface area contributed by atoms with Gasteiger partial charge < -0.3 is 19.2 Å². The summed E-state index contributed by atoms with van der Waals surface area (Å²) in [5.74, 6) is 0.941. The number of aromatic nitrogens is 2. The summed E-state index contributed by atoms with van der Waals surface area (Å²) in [5.41, 5.74) is 3.04. The molecular formula is C25H29N5O3. The van der Waals surface area contributed by atoms with E-state index in [-0.39, 0.29) is 11.8 Å². The highest BCUT2D eigenvalue weighted by Crippen LogP contribution is 2.20. The normalized spacial score (nSPS) is 13.2. The number of likely N-dealkylation sites (tertiary alicyclic amines) is 1. The lowest BCUT2D eigenvalue weighted by molar-refractivity contribution is 0.0786. The maximum atomic E-state index is 12.8. The van der Waals surface area contributed by atoms with Crippen LogP contribution in [0.25, 0.3) is 11.5 Å². The van der Waals surface area contributed by atoms with Crippen LogP contribution in [0.1, 0.15) is 39.4 Å². The zero-order valence-corrected chi connectivity index (χ0v) is 19.3. The summed E-state index contributed by atoms with van der Waals surface area (Å²) in [4.78, 5) is 35.2. The molecule has 172 valence electrons. The van der Waals surface area contributed by atoms with Gasteiger partial charge in [0, 0.05) is 69.6 Å². The molecule has 33 heavy (non-hydrogen) atoms. The van der Waals surface area contributed by atoms with Crippen LogP contribution in [0, 0.1) is 0 Å². The predicted molar refractivity (Wildman–Crippen MR) is 126 cm³/mol. The molecule has 1 aliphatic heterocycles. The van der Waals surface area contributed by atoms with Gasteiger partial charge in [-0.3, -0.25) is 9.59 Å². The Balaban J connectivity index is 1.35. The summed E-state index contributed by atoms with van der Waals surface area (Å²) < 4.78 is 5.40. The molecule has 0 unspecified atom stereocenters. The summed E-state index contributed by atoms with van der Waals surface area (Å²) in [7, 11) is 5.65. The van der Waals surface area contributed by atoms with E-state index in [1.165, 1.54) is 0 Å². The Bertz CT molecular complexity index is 1120. The van der Waals surface area contributed by atoms with E-state index in [1.54, 1.807) is 24.1 Å². The summed E-state index contributed by atoms with van der Waals surface area (Å²) in [6.45, 7) is 2.12. The molecule has 1 saturated heterocycles. The minimum absolute atomic E-state index is 0.0549. The number of nitrogens with zero attached hydrogens (tertiary/aromatic N) is 5. The Morgan fingerprint density at radius 3 is 2.42 bits per heavy atom. The molecule has 2 heterocycles. The van der Waals surface area contributed by atoms with Gasteiger partial charge in [0.1, 0.15) is 0 Å². The van der Waals surface area contributed by atoms with Gasteiger partial charge in [-0.1, -0.05) is 11.2 Å². The molecule has 2 aromatic carbocycles. The zero-order chi connectivity index (χ0) is 23.4. The third-order valence-corrected chi connectivity index (χ3v) is 5.87. The second kappa shape index (κ2) is 9.85. The van der Waals surface area contributed by atoms with Gasteiger partial charge in [0.25, 0.3) is 17.7 Å². The van der Waals surface area contributed by atoms with Crippen LogP contribution in [0.4, 0.5) is 5.69 Å². The number of carbonyl (C=O) groups is 2. The maximum absolute atomic E-state index is 12.8. The standard InChI is InChI=1S/C25H29N5O3/c1-28(2)21-8-6-7-20(17-21)24(31)29(3)16-13-22-26-23(33-27-22)18-9-11-19(12-10-18)25(32)30-14-4-5-15-30/h6-12,17H,4-5,13-16H2,1-3H3. The second-order valence-electron chi connectivity index (χ2n) is 8.51. The summed E-state index contributed by atoms with van der Waals surface area (Å²) in [6.07, 6.45) is 2.61. The van der Waals surface area contributed by atoms with E-state index in [1.807, 2.05) is 60.3 Å². The van der Waals surface area contributed by atoms with Gasteiger partial charge in [-0.05, 0) is 55.3 Å². The fourth-order valence-corrected chi connectivity index (χ4v) is 3.84. The first kappa shape index (κ1) is 22.5. The van der Waals surface area contributed by atoms with Crippen LogP contribution in [0.5, 0.6) is 0 Å². The van der Waals surface area contributed by atoms with Crippen molar-refractivity contribution in [3.63, 3.8) is 0 Å². The number of anilines is 1. The summed E-state index contributed by atoms with van der Waals surface area (Å²) in [5, 5.41) is 4.05. The molecule has 1 aliphatic rings. The highest BCUT2D eigenvalue weighted by molar-refractivity contribution is 5.95. The van der Waals surface area contributed by atoms with Gasteiger partial charge in [-0.25, -0.2) is 0 Å². The van der Waals surface area contributed by atoms with Gasteiger partial charge in [-0.15, -0.1) is 0 Å². The van der Waals surface area contributed by atoms with E-state index in [9.17, 15) is 9.59 Å². The van der Waals surface area contributed by atoms with Crippen LogP contribution in [0.2, 0.25) is 0 Å². The van der Waals surface area contributed by atoms with Crippen molar-refractivity contribution >= 4 is 17.5 Å². The minimum Gasteiger partial charge on any atom is -0.378 e. The average Bonchev–Trinajstić information content (AvgIpc) is 3.54. The Kier molecular flexibility index (Phi) is 6.72. The highest BCUT2D eigenvalue weighted by atomic mass is 16.5. The number of amides is 2. The number of carbonyl (C=O) groups excluding carboxylic acids is 2. The lowest BCUT2D eigenvalue weighted by Gasteiger charge is -2.18. The van der Waals surface area contributed by atoms with Crippen LogP contribution in [-0.2, 0) is 6.42 Å². The molecule has 0 spiro atoms. The van der Waals surface area contributed by atoms with Crippen molar-refractivity contribution < 1.29 is 14.1 Å². The maximum Gasteiger partial charge on any atom is 0.257 e. The predicted octanol–water partition coefficient (Wildman–Crippen LogP) is 3.35. The van der Waals surface area contributed by atoms with E-state index >= 15 is 0 Å². The van der Waals surface area contributed by atoms with Gasteiger partial charge in [0.05, 0.1) is 0 Å². The molecule has 0 bridgehead atoms. The van der Waals surface area contributed by atoms with Crippen molar-refractivity contribution in [2.24, 2.45) is 0 Å². The molecule has 2 amide bonds. The molecule has 1 aromatic heterocycles. The third-order valence-electron chi connectivity index (χ3n) is 5.87. The molecule has 0 N–H and O–H groups in total. The van der Waals surface area contributed by atoms with Crippen LogP contribution in [0.15, 0.2) is 53.1 Å². The van der Waals surface area contributed by atoms with Crippen molar-refractivity contribution in [1.29, 1.82) is 0 Å². The van der Waals surface area contributed by atoms with E-state index in [0.717, 1.165) is 37.2 Å². The molecule has 0 aliphatic carbocycles. The van der Waals surface area contributed by atoms with Crippen molar-refractivity contribution in [3.8, 4) is 11.5 Å². The first-order valence-electron chi connectivity index (χ1n) is 11.2. The average molecular weight is 448 g/mol. The van der Waals surface area contributed by atoms with Gasteiger partial charge in [0.15, 0.2) is 5.82 Å². The van der Waals surface area contributed by atoms with E-state index in [4.69, 9.17) is 4.52 Å². The summed E-state index contributed by atoms with van der Waals surface area (Å²) >= 11 is 0. The smallest absolute Gasteiger partial charge is 0.257 e. The quantitative estimate of drug-likeness (QED) is 0.552. The summed E-state index contributed by atoms with van der Waals surface area (Å²) in [6, 6.07) is 14.8. The molecule has 0 atom stereocenters. The Morgan fingerprint density at radius 2 is 1.73 bits per heavy atom. The molecule has 8 heteroatoms. The second-order valence-corrected chi connectivity index (χ2v) is 8.51. The highest BCUT2D eigenvalue weighted by Gasteiger charge is 2.20. The Hall–Kier alpha value is -3.68. The topological polar surface area (TPSA) is 82.8 Å². The fraction of sp³-hybridized carbons (Fsp3) is 0.360. The van der Waals surface area contributed by atoms with Crippen LogP contribution >= 0.6 is 0 Å². The lowest BCUT2D eigenvalue weighted by atomic mass is 10.1. The molecule has 4 rings (SSSR count). The molecule has 0 saturated carbocycles. The number of likely N-dealkylation sites (N-methyl/N-ethyl adjacent to an activating group) is 1. The van der Waals surface area contributed by atoms with Crippen LogP contribution in [0.3, 0.4) is 0 Å². The lowest BCUT2D eigenvalue weighted by Crippen LogP contribution is -2.29. The van der Waals surface area contributed by atoms with Crippen molar-refractivity contribution in [2.45, 2.75) is 19.3 Å². The van der Waals surface area contributed by atoms with Crippen LogP contribution in [-0.4, -0.2) is 72.5 Å². The van der Waals surface area contributed by atoms with E-state index in [0.29, 0.717) is 35.8 Å². The number of hydrogen-bond acceptors (Lipinski definition) is 6. The third kappa shape index (κ3) is 5.22. The van der Waals surface area contributed by atoms with Crippen molar-refractivity contribution in [1.82, 2.24) is 19.9 Å². The molecule has 1 fully saturated rings. The van der Waals surface area contributed by atoms with Crippen molar-refractivity contribution in [3.05, 3.63) is 65.5 Å². The number of benzene rings is 2. The first-order valence-corrected chi connectivity index (χ1v) is 11.2. The Morgan fingerprint density at radius 1 is 1.00 bits per heavy atom. The van der Waals surface area contributed by atoms with Crippen LogP contribution < -0.4 is 4.90 Å². The number of rotatable bonds is 7. The number of hydrogen-bond donors (Lipinski definition) is 0. The van der Waals surface area contributed by atoms with E-state index in [2.05, 4.69) is 10.1 Å². The molecule has 3 aromatic rings. The molecular weight excluding hydrogens is 418 g/mol. The van der Waals surface area contributed by atoms with Gasteiger partial charge in [-0.2, -0.15) is 4.98 Å². The Labute approximate surface area is 193 Å². The van der Waals surface area contributed by atoms with E-state index < -0.39 is 0 Å². The molecule has 8 nitrogen and oxygen atoms in total. The first-order chi connectivity index (χ1) is 15.9. The van der Waals surface area contributed by atoms with Crippen molar-refractivity contribution in [2.75, 3.05) is 45.7 Å². The zero-order valence-electron chi connectivity index (χ0n) is 19.3. The SMILES string of the molecule is CN(CCc1noc(-c2ccc(C(=O)N3CCCC3)cc2)n1)C(=O)c1cccc(N(C)C)c1. The van der Waals surface area contributed by atoms with Gasteiger partial charge in [0.2, 0.25) is 0 Å². The monoisotopic (exact) mass is 447 g/mol. The molecule has 0 radical (unpaired) electrons. The van der Waals surface area contributed by atoms with Gasteiger partial charge >= 0.3 is 0 Å².